The molecule has 0 spiro atoms. The molecule has 1 aliphatic heterocycles. The summed E-state index contributed by atoms with van der Waals surface area (Å²) in [4.78, 5) is 19.7. The number of aromatic amines is 1. The highest BCUT2D eigenvalue weighted by atomic mass is 32.1. The Hall–Kier alpha value is -4.22. The largest absolute Gasteiger partial charge is 0.497 e. The van der Waals surface area contributed by atoms with Gasteiger partial charge in [0.05, 0.1) is 25.2 Å². The Balaban J connectivity index is 1.33. The van der Waals surface area contributed by atoms with Crippen molar-refractivity contribution in [2.75, 3.05) is 13.9 Å². The summed E-state index contributed by atoms with van der Waals surface area (Å²) in [5.74, 6) is 2.87. The maximum atomic E-state index is 13.2. The lowest BCUT2D eigenvalue weighted by atomic mass is 10.1. The highest BCUT2D eigenvalue weighted by Crippen LogP contribution is 2.35. The van der Waals surface area contributed by atoms with Gasteiger partial charge in [0.2, 0.25) is 6.79 Å². The molecule has 1 N–H and O–H groups in total. The van der Waals surface area contributed by atoms with E-state index in [-0.39, 0.29) is 18.4 Å². The molecular formula is C28H28N6O4S. The molecule has 200 valence electrons. The summed E-state index contributed by atoms with van der Waals surface area (Å²) in [6, 6.07) is 17.6. The monoisotopic (exact) mass is 544 g/mol. The zero-order chi connectivity index (χ0) is 26.8. The lowest BCUT2D eigenvalue weighted by Crippen LogP contribution is -2.32. The number of hydrogen-bond acceptors (Lipinski definition) is 9. The van der Waals surface area contributed by atoms with E-state index in [4.69, 9.17) is 14.2 Å². The summed E-state index contributed by atoms with van der Waals surface area (Å²) >= 11 is 1.69. The van der Waals surface area contributed by atoms with Crippen molar-refractivity contribution in [1.29, 1.82) is 0 Å². The average molecular weight is 545 g/mol. The maximum Gasteiger partial charge on any atom is 0.252 e. The van der Waals surface area contributed by atoms with E-state index >= 15 is 0 Å². The van der Waals surface area contributed by atoms with E-state index in [0.29, 0.717) is 42.2 Å². The van der Waals surface area contributed by atoms with Gasteiger partial charge in [0.1, 0.15) is 5.75 Å². The Morgan fingerprint density at radius 1 is 1.13 bits per heavy atom. The van der Waals surface area contributed by atoms with Crippen molar-refractivity contribution >= 4 is 22.2 Å². The molecule has 5 aromatic rings. The first kappa shape index (κ1) is 25.1. The normalized spacial score (nSPS) is 13.3. The predicted molar refractivity (Wildman–Crippen MR) is 147 cm³/mol. The number of hydrogen-bond donors (Lipinski definition) is 1. The molecule has 39 heavy (non-hydrogen) atoms. The molecule has 0 saturated carbocycles. The van der Waals surface area contributed by atoms with Gasteiger partial charge in [0, 0.05) is 35.0 Å². The Kier molecular flexibility index (Phi) is 6.99. The smallest absolute Gasteiger partial charge is 0.252 e. The van der Waals surface area contributed by atoms with Gasteiger partial charge in [0.15, 0.2) is 17.3 Å². The number of H-pyrrole nitrogens is 1. The van der Waals surface area contributed by atoms with Crippen LogP contribution in [0, 0.1) is 0 Å². The summed E-state index contributed by atoms with van der Waals surface area (Å²) < 4.78 is 18.1. The van der Waals surface area contributed by atoms with E-state index in [9.17, 15) is 4.79 Å². The highest BCUT2D eigenvalue weighted by molar-refractivity contribution is 7.09. The number of tetrazole rings is 1. The Morgan fingerprint density at radius 2 is 1.95 bits per heavy atom. The number of ether oxygens (including phenoxy) is 3. The molecule has 4 heterocycles. The van der Waals surface area contributed by atoms with E-state index in [1.54, 1.807) is 18.4 Å². The molecule has 0 aliphatic carbocycles. The van der Waals surface area contributed by atoms with Crippen LogP contribution in [0.1, 0.15) is 41.2 Å². The summed E-state index contributed by atoms with van der Waals surface area (Å²) in [6.45, 7) is 3.90. The molecule has 11 heteroatoms. The minimum atomic E-state index is -0.134. The van der Waals surface area contributed by atoms with Crippen LogP contribution in [0.5, 0.6) is 17.2 Å². The molecule has 1 atom stereocenters. The van der Waals surface area contributed by atoms with Gasteiger partial charge < -0.3 is 19.2 Å². The number of benzene rings is 2. The summed E-state index contributed by atoms with van der Waals surface area (Å²) in [5.41, 5.74) is 2.30. The molecule has 0 fully saturated rings. The number of rotatable bonds is 10. The first-order valence-corrected chi connectivity index (χ1v) is 13.6. The Bertz CT molecular complexity index is 1630. The molecule has 1 unspecified atom stereocenters. The average Bonchev–Trinajstić information content (AvgIpc) is 3.72. The fraction of sp³-hybridized carbons (Fsp3) is 0.286. The lowest BCUT2D eigenvalue weighted by molar-refractivity contribution is 0.163. The second-order valence-corrected chi connectivity index (χ2v) is 10.4. The number of pyridine rings is 1. The number of thiophene rings is 1. The molecule has 2 aromatic carbocycles. The number of nitrogens with one attached hydrogen (secondary N) is 1. The zero-order valence-electron chi connectivity index (χ0n) is 21.7. The van der Waals surface area contributed by atoms with Crippen molar-refractivity contribution < 1.29 is 14.2 Å². The second-order valence-electron chi connectivity index (χ2n) is 9.37. The van der Waals surface area contributed by atoms with Crippen molar-refractivity contribution in [3.8, 4) is 17.2 Å². The van der Waals surface area contributed by atoms with Crippen LogP contribution in [0.3, 0.4) is 0 Å². The van der Waals surface area contributed by atoms with Gasteiger partial charge in [-0.15, -0.1) is 16.4 Å². The van der Waals surface area contributed by atoms with Crippen molar-refractivity contribution in [2.45, 2.75) is 39.0 Å². The van der Waals surface area contributed by atoms with Crippen LogP contribution in [-0.4, -0.2) is 44.0 Å². The molecule has 0 amide bonds. The van der Waals surface area contributed by atoms with Gasteiger partial charge in [-0.05, 0) is 58.1 Å². The van der Waals surface area contributed by atoms with Crippen LogP contribution in [0.15, 0.2) is 64.8 Å². The zero-order valence-corrected chi connectivity index (χ0v) is 22.5. The molecule has 6 rings (SSSR count). The molecule has 3 aromatic heterocycles. The number of fused-ring (bicyclic) bond motifs is 2. The van der Waals surface area contributed by atoms with Crippen LogP contribution < -0.4 is 19.8 Å². The van der Waals surface area contributed by atoms with Gasteiger partial charge in [-0.1, -0.05) is 25.1 Å². The fourth-order valence-corrected chi connectivity index (χ4v) is 5.66. The maximum absolute atomic E-state index is 13.2. The number of methoxy groups -OCH3 is 1. The van der Waals surface area contributed by atoms with Gasteiger partial charge in [-0.2, -0.15) is 0 Å². The molecule has 1 aliphatic rings. The van der Waals surface area contributed by atoms with Crippen LogP contribution in [0.2, 0.25) is 0 Å². The van der Waals surface area contributed by atoms with Crippen molar-refractivity contribution in [3.63, 3.8) is 0 Å². The van der Waals surface area contributed by atoms with Crippen LogP contribution in [0.4, 0.5) is 0 Å². The van der Waals surface area contributed by atoms with E-state index < -0.39 is 0 Å². The Morgan fingerprint density at radius 3 is 2.69 bits per heavy atom. The third kappa shape index (κ3) is 5.23. The topological polar surface area (TPSA) is 107 Å². The van der Waals surface area contributed by atoms with E-state index in [0.717, 1.165) is 28.9 Å². The molecule has 0 bridgehead atoms. The molecule has 10 nitrogen and oxygen atoms in total. The van der Waals surface area contributed by atoms with Crippen LogP contribution in [0.25, 0.3) is 10.9 Å². The minimum Gasteiger partial charge on any atom is -0.497 e. The van der Waals surface area contributed by atoms with E-state index in [1.165, 1.54) is 4.88 Å². The quantitative estimate of drug-likeness (QED) is 0.274. The first-order valence-electron chi connectivity index (χ1n) is 12.7. The third-order valence-corrected chi connectivity index (χ3v) is 7.76. The Labute approximate surface area is 228 Å². The standard InChI is InChI=1S/C28H28N6O4S/c1-3-24(27-30-31-32-34(27)14-18-6-8-21(36-2)9-7-18)33(16-22-5-4-10-39-22)15-20-11-19-12-25-26(38-17-37-25)13-23(19)29-28(20)35/h4-13,24H,3,14-17H2,1-2H3,(H,29,35). The lowest BCUT2D eigenvalue weighted by Gasteiger charge is -2.30. The summed E-state index contributed by atoms with van der Waals surface area (Å²) in [6.07, 6.45) is 0.762. The molecule has 0 radical (unpaired) electrons. The summed E-state index contributed by atoms with van der Waals surface area (Å²) in [7, 11) is 1.65. The summed E-state index contributed by atoms with van der Waals surface area (Å²) in [5, 5.41) is 15.7. The van der Waals surface area contributed by atoms with Crippen molar-refractivity contribution in [1.82, 2.24) is 30.1 Å². The van der Waals surface area contributed by atoms with Crippen molar-refractivity contribution in [2.24, 2.45) is 0 Å². The second kappa shape index (κ2) is 10.9. The SMILES string of the molecule is CCC(c1nnnn1Cc1ccc(OC)cc1)N(Cc1cccs1)Cc1cc2cc3c(cc2[nH]c1=O)OCO3. The molecule has 0 saturated heterocycles. The highest BCUT2D eigenvalue weighted by Gasteiger charge is 2.27. The number of aromatic nitrogens is 5. The third-order valence-electron chi connectivity index (χ3n) is 6.90. The molecular weight excluding hydrogens is 516 g/mol. The van der Waals surface area contributed by atoms with Crippen LogP contribution in [-0.2, 0) is 19.6 Å². The fourth-order valence-electron chi connectivity index (χ4n) is 4.93. The number of nitrogens with zero attached hydrogens (tertiary/aromatic N) is 5. The van der Waals surface area contributed by atoms with Gasteiger partial charge in [0.25, 0.3) is 5.56 Å². The van der Waals surface area contributed by atoms with Gasteiger partial charge >= 0.3 is 0 Å². The first-order chi connectivity index (χ1) is 19.1. The van der Waals surface area contributed by atoms with Gasteiger partial charge in [-0.3, -0.25) is 9.69 Å². The van der Waals surface area contributed by atoms with E-state index in [1.807, 2.05) is 53.2 Å². The predicted octanol–water partition coefficient (Wildman–Crippen LogP) is 4.52. The van der Waals surface area contributed by atoms with Crippen LogP contribution >= 0.6 is 11.3 Å². The van der Waals surface area contributed by atoms with E-state index in [2.05, 4.69) is 43.8 Å². The van der Waals surface area contributed by atoms with Gasteiger partial charge in [-0.25, -0.2) is 4.68 Å². The van der Waals surface area contributed by atoms with Crippen molar-refractivity contribution in [3.05, 3.63) is 92.2 Å². The minimum absolute atomic E-state index is 0.118.